The highest BCUT2D eigenvalue weighted by molar-refractivity contribution is 5.95. The lowest BCUT2D eigenvalue weighted by Gasteiger charge is -2.11. The van der Waals surface area contributed by atoms with E-state index in [9.17, 15) is 27.2 Å². The van der Waals surface area contributed by atoms with Crippen LogP contribution in [0.5, 0.6) is 5.75 Å². The average molecular weight is 381 g/mol. The number of carbonyl (C=O) groups excluding carboxylic acids is 2. The molecular weight excluding hydrogens is 370 g/mol. The molecule has 0 saturated heterocycles. The standard InChI is InChI=1S/C17H11F4N3O3/c18-14-6-3-11(7-13(14)17(19,20)21)16(26)24-23-15(25)9-27-12-4-1-10(8-22)2-5-12/h1-7H,9H2,(H,23,25)(H,24,26). The SMILES string of the molecule is N#Cc1ccc(OCC(=O)NNC(=O)c2ccc(F)c(C(F)(F)F)c2)cc1. The molecule has 0 aliphatic rings. The monoisotopic (exact) mass is 381 g/mol. The molecule has 0 aliphatic carbocycles. The first-order chi connectivity index (χ1) is 12.7. The fraction of sp³-hybridized carbons (Fsp3) is 0.118. The second kappa shape index (κ2) is 8.18. The number of hydrogen-bond acceptors (Lipinski definition) is 4. The van der Waals surface area contributed by atoms with Crippen molar-refractivity contribution in [1.29, 1.82) is 5.26 Å². The van der Waals surface area contributed by atoms with E-state index in [0.29, 0.717) is 23.4 Å². The molecule has 140 valence electrons. The Bertz CT molecular complexity index is 890. The lowest BCUT2D eigenvalue weighted by Crippen LogP contribution is -2.43. The summed E-state index contributed by atoms with van der Waals surface area (Å²) in [5.41, 5.74) is 2.17. The quantitative estimate of drug-likeness (QED) is 0.629. The van der Waals surface area contributed by atoms with Crippen LogP contribution in [0.1, 0.15) is 21.5 Å². The highest BCUT2D eigenvalue weighted by Gasteiger charge is 2.34. The lowest BCUT2D eigenvalue weighted by atomic mass is 10.1. The number of halogens is 4. The Balaban J connectivity index is 1.89. The molecule has 0 bridgehead atoms. The first-order valence-corrected chi connectivity index (χ1v) is 7.29. The van der Waals surface area contributed by atoms with Crippen LogP contribution in [0.15, 0.2) is 42.5 Å². The third kappa shape index (κ3) is 5.43. The van der Waals surface area contributed by atoms with Crippen molar-refractivity contribution in [2.24, 2.45) is 0 Å². The summed E-state index contributed by atoms with van der Waals surface area (Å²) >= 11 is 0. The van der Waals surface area contributed by atoms with Gasteiger partial charge >= 0.3 is 6.18 Å². The van der Waals surface area contributed by atoms with Gasteiger partial charge in [0.05, 0.1) is 17.2 Å². The maximum atomic E-state index is 13.2. The van der Waals surface area contributed by atoms with E-state index in [1.54, 1.807) is 0 Å². The predicted octanol–water partition coefficient (Wildman–Crippen LogP) is 2.56. The zero-order chi connectivity index (χ0) is 20.0. The van der Waals surface area contributed by atoms with Crippen LogP contribution in [-0.2, 0) is 11.0 Å². The van der Waals surface area contributed by atoms with E-state index in [0.717, 1.165) is 6.07 Å². The first-order valence-electron chi connectivity index (χ1n) is 7.29. The van der Waals surface area contributed by atoms with Crippen molar-refractivity contribution < 1.29 is 31.9 Å². The summed E-state index contributed by atoms with van der Waals surface area (Å²) in [4.78, 5) is 23.4. The first kappa shape index (κ1) is 19.7. The number of alkyl halides is 3. The Morgan fingerprint density at radius 3 is 2.33 bits per heavy atom. The van der Waals surface area contributed by atoms with Gasteiger partial charge in [-0.15, -0.1) is 0 Å². The number of ether oxygens (including phenoxy) is 1. The molecule has 0 radical (unpaired) electrons. The number of carbonyl (C=O) groups is 2. The Kier molecular flexibility index (Phi) is 5.97. The largest absolute Gasteiger partial charge is 0.484 e. The topological polar surface area (TPSA) is 91.2 Å². The minimum Gasteiger partial charge on any atom is -0.484 e. The Labute approximate surface area is 150 Å². The molecule has 10 heteroatoms. The fourth-order valence-electron chi connectivity index (χ4n) is 1.89. The minimum atomic E-state index is -4.96. The molecule has 0 spiro atoms. The van der Waals surface area contributed by atoms with Gasteiger partial charge in [-0.1, -0.05) is 0 Å². The van der Waals surface area contributed by atoms with Crippen LogP contribution in [0.3, 0.4) is 0 Å². The van der Waals surface area contributed by atoms with Gasteiger partial charge in [-0.2, -0.15) is 18.4 Å². The maximum Gasteiger partial charge on any atom is 0.419 e. The molecule has 6 nitrogen and oxygen atoms in total. The summed E-state index contributed by atoms with van der Waals surface area (Å²) in [6.07, 6.45) is -4.96. The summed E-state index contributed by atoms with van der Waals surface area (Å²) < 4.78 is 56.2. The van der Waals surface area contributed by atoms with Crippen molar-refractivity contribution in [3.63, 3.8) is 0 Å². The molecule has 0 heterocycles. The van der Waals surface area contributed by atoms with Crippen LogP contribution in [-0.4, -0.2) is 18.4 Å². The molecule has 2 amide bonds. The van der Waals surface area contributed by atoms with E-state index >= 15 is 0 Å². The molecule has 0 saturated carbocycles. The van der Waals surface area contributed by atoms with Crippen molar-refractivity contribution in [3.8, 4) is 11.8 Å². The Hall–Kier alpha value is -3.61. The molecule has 2 aromatic carbocycles. The van der Waals surface area contributed by atoms with E-state index in [4.69, 9.17) is 10.00 Å². The van der Waals surface area contributed by atoms with E-state index in [2.05, 4.69) is 0 Å². The third-order valence-electron chi connectivity index (χ3n) is 3.20. The number of hydrazine groups is 1. The number of hydrogen-bond donors (Lipinski definition) is 2. The molecule has 0 unspecified atom stereocenters. The van der Waals surface area contributed by atoms with E-state index in [-0.39, 0.29) is 0 Å². The summed E-state index contributed by atoms with van der Waals surface area (Å²) in [6, 6.07) is 9.47. The van der Waals surface area contributed by atoms with Crippen LogP contribution in [0.4, 0.5) is 17.6 Å². The third-order valence-corrected chi connectivity index (χ3v) is 3.20. The molecule has 0 aliphatic heterocycles. The van der Waals surface area contributed by atoms with E-state index in [1.807, 2.05) is 16.9 Å². The zero-order valence-electron chi connectivity index (χ0n) is 13.4. The molecule has 2 N–H and O–H groups in total. The van der Waals surface area contributed by atoms with Gasteiger partial charge in [0.15, 0.2) is 6.61 Å². The number of rotatable bonds is 4. The number of amides is 2. The van der Waals surface area contributed by atoms with Gasteiger partial charge in [0.1, 0.15) is 11.6 Å². The van der Waals surface area contributed by atoms with Gasteiger partial charge in [0.25, 0.3) is 11.8 Å². The maximum absolute atomic E-state index is 13.2. The summed E-state index contributed by atoms with van der Waals surface area (Å²) in [5.74, 6) is -3.07. The van der Waals surface area contributed by atoms with Gasteiger partial charge in [-0.05, 0) is 42.5 Å². The van der Waals surface area contributed by atoms with Crippen LogP contribution < -0.4 is 15.6 Å². The van der Waals surface area contributed by atoms with Gasteiger partial charge < -0.3 is 4.74 Å². The van der Waals surface area contributed by atoms with Crippen molar-refractivity contribution in [3.05, 3.63) is 65.0 Å². The Morgan fingerprint density at radius 2 is 1.74 bits per heavy atom. The van der Waals surface area contributed by atoms with Gasteiger partial charge in [0, 0.05) is 5.56 Å². The number of nitrogens with zero attached hydrogens (tertiary/aromatic N) is 1. The summed E-state index contributed by atoms with van der Waals surface area (Å²) in [6.45, 7) is -0.497. The second-order valence-corrected chi connectivity index (χ2v) is 5.12. The zero-order valence-corrected chi connectivity index (χ0v) is 13.4. The van der Waals surface area contributed by atoms with Gasteiger partial charge in [-0.3, -0.25) is 20.4 Å². The van der Waals surface area contributed by atoms with Crippen molar-refractivity contribution in [1.82, 2.24) is 10.9 Å². The average Bonchev–Trinajstić information content (AvgIpc) is 2.64. The van der Waals surface area contributed by atoms with E-state index in [1.165, 1.54) is 24.3 Å². The van der Waals surface area contributed by atoms with Gasteiger partial charge in [-0.25, -0.2) is 4.39 Å². The van der Waals surface area contributed by atoms with Crippen LogP contribution in [0, 0.1) is 17.1 Å². The molecule has 0 fully saturated rings. The minimum absolute atomic E-state index is 0.295. The molecule has 27 heavy (non-hydrogen) atoms. The molecule has 0 aromatic heterocycles. The number of nitriles is 1. The Morgan fingerprint density at radius 1 is 1.07 bits per heavy atom. The summed E-state index contributed by atoms with van der Waals surface area (Å²) in [7, 11) is 0. The van der Waals surface area contributed by atoms with Gasteiger partial charge in [0.2, 0.25) is 0 Å². The number of nitrogens with one attached hydrogen (secondary N) is 2. The molecule has 0 atom stereocenters. The van der Waals surface area contributed by atoms with Crippen molar-refractivity contribution >= 4 is 11.8 Å². The van der Waals surface area contributed by atoms with Crippen molar-refractivity contribution in [2.75, 3.05) is 6.61 Å². The highest BCUT2D eigenvalue weighted by Crippen LogP contribution is 2.31. The molecule has 2 rings (SSSR count). The van der Waals surface area contributed by atoms with Crippen LogP contribution in [0.25, 0.3) is 0 Å². The number of benzene rings is 2. The lowest BCUT2D eigenvalue weighted by molar-refractivity contribution is -0.140. The highest BCUT2D eigenvalue weighted by atomic mass is 19.4. The molecular formula is C17H11F4N3O3. The van der Waals surface area contributed by atoms with Crippen molar-refractivity contribution in [2.45, 2.75) is 6.18 Å². The smallest absolute Gasteiger partial charge is 0.419 e. The summed E-state index contributed by atoms with van der Waals surface area (Å²) in [5, 5.41) is 8.66. The van der Waals surface area contributed by atoms with E-state index < -0.39 is 41.5 Å². The molecule has 2 aromatic rings. The second-order valence-electron chi connectivity index (χ2n) is 5.12. The van der Waals surface area contributed by atoms with Crippen LogP contribution >= 0.6 is 0 Å². The predicted molar refractivity (Wildman–Crippen MR) is 83.7 cm³/mol. The van der Waals surface area contributed by atoms with Crippen LogP contribution in [0.2, 0.25) is 0 Å². The fourth-order valence-corrected chi connectivity index (χ4v) is 1.89. The normalized spacial score (nSPS) is 10.6.